The lowest BCUT2D eigenvalue weighted by atomic mass is 9.91. The maximum absolute atomic E-state index is 5.78. The van der Waals surface area contributed by atoms with Crippen LogP contribution in [-0.2, 0) is 0 Å². The number of nitrogens with zero attached hydrogens (tertiary/aromatic N) is 1. The molecular weight excluding hydrogens is 186 g/mol. The summed E-state index contributed by atoms with van der Waals surface area (Å²) in [6.45, 7) is 1.93. The normalized spacial score (nSPS) is 24.9. The fourth-order valence-corrected chi connectivity index (χ4v) is 2.46. The Morgan fingerprint density at radius 2 is 2.20 bits per heavy atom. The van der Waals surface area contributed by atoms with Crippen molar-refractivity contribution in [1.29, 1.82) is 0 Å². The summed E-state index contributed by atoms with van der Waals surface area (Å²) in [6.07, 6.45) is 3.52. The smallest absolute Gasteiger partial charge is 0.126 e. The maximum atomic E-state index is 5.78. The van der Waals surface area contributed by atoms with Gasteiger partial charge in [-0.25, -0.2) is 0 Å². The molecule has 0 saturated heterocycles. The number of rotatable bonds is 0. The summed E-state index contributed by atoms with van der Waals surface area (Å²) < 4.78 is 5.78. The number of ether oxygens (including phenoxy) is 1. The van der Waals surface area contributed by atoms with Gasteiger partial charge in [-0.3, -0.25) is 4.90 Å². The number of para-hydroxylation sites is 1. The Hall–Kier alpha value is -1.28. The summed E-state index contributed by atoms with van der Waals surface area (Å²) in [4.78, 5) is 2.38. The van der Waals surface area contributed by atoms with Crippen LogP contribution < -0.4 is 4.74 Å². The van der Waals surface area contributed by atoms with Crippen LogP contribution in [0.5, 0.6) is 5.75 Å². The molecule has 0 amide bonds. The predicted octanol–water partition coefficient (Wildman–Crippen LogP) is 2.17. The van der Waals surface area contributed by atoms with Crippen molar-refractivity contribution in [2.24, 2.45) is 0 Å². The summed E-state index contributed by atoms with van der Waals surface area (Å²) in [5.74, 6) is 1.04. The van der Waals surface area contributed by atoms with E-state index in [0.29, 0.717) is 6.04 Å². The Morgan fingerprint density at radius 1 is 1.33 bits per heavy atom. The lowest BCUT2D eigenvalue weighted by molar-refractivity contribution is 0.183. The van der Waals surface area contributed by atoms with Crippen LogP contribution in [0.4, 0.5) is 0 Å². The first kappa shape index (κ1) is 8.98. The zero-order valence-corrected chi connectivity index (χ0v) is 8.94. The Morgan fingerprint density at radius 3 is 3.13 bits per heavy atom. The molecule has 3 rings (SSSR count). The third-order valence-corrected chi connectivity index (χ3v) is 3.33. The molecular formula is C13H15NO. The van der Waals surface area contributed by atoms with Gasteiger partial charge in [0.05, 0.1) is 6.04 Å². The van der Waals surface area contributed by atoms with E-state index >= 15 is 0 Å². The third-order valence-electron chi connectivity index (χ3n) is 3.33. The molecule has 1 aromatic carbocycles. The summed E-state index contributed by atoms with van der Waals surface area (Å²) in [7, 11) is 2.18. The lowest BCUT2D eigenvalue weighted by Gasteiger charge is -2.37. The topological polar surface area (TPSA) is 12.5 Å². The van der Waals surface area contributed by atoms with E-state index < -0.39 is 0 Å². The van der Waals surface area contributed by atoms with Crippen molar-refractivity contribution in [1.82, 2.24) is 4.90 Å². The standard InChI is InChI=1S/C13H15NO/c1-14-8-4-6-10-11-5-2-3-7-13(11)15-9-12(10)14/h2-3,5-7,12H,4,8-9H2,1H3. The number of hydrogen-bond donors (Lipinski definition) is 0. The molecule has 0 bridgehead atoms. The second kappa shape index (κ2) is 3.38. The third kappa shape index (κ3) is 1.37. The molecule has 2 heteroatoms. The highest BCUT2D eigenvalue weighted by atomic mass is 16.5. The SMILES string of the molecule is CN1CCC=C2c3ccccc3OCC21. The van der Waals surface area contributed by atoms with Gasteiger partial charge in [-0.1, -0.05) is 24.3 Å². The van der Waals surface area contributed by atoms with E-state index in [9.17, 15) is 0 Å². The van der Waals surface area contributed by atoms with Gasteiger partial charge in [0.25, 0.3) is 0 Å². The Balaban J connectivity index is 2.09. The number of hydrogen-bond acceptors (Lipinski definition) is 2. The fourth-order valence-electron chi connectivity index (χ4n) is 2.46. The molecule has 0 aromatic heterocycles. The molecule has 2 aliphatic rings. The summed E-state index contributed by atoms with van der Waals surface area (Å²) in [5, 5.41) is 0. The van der Waals surface area contributed by atoms with Gasteiger partial charge < -0.3 is 4.74 Å². The highest BCUT2D eigenvalue weighted by Crippen LogP contribution is 2.36. The summed E-state index contributed by atoms with van der Waals surface area (Å²) in [5.41, 5.74) is 2.73. The van der Waals surface area contributed by atoms with Gasteiger partial charge in [0.1, 0.15) is 12.4 Å². The van der Waals surface area contributed by atoms with Gasteiger partial charge in [0, 0.05) is 12.1 Å². The average Bonchev–Trinajstić information content (AvgIpc) is 2.29. The first-order chi connectivity index (χ1) is 7.36. The highest BCUT2D eigenvalue weighted by Gasteiger charge is 2.29. The average molecular weight is 201 g/mol. The highest BCUT2D eigenvalue weighted by molar-refractivity contribution is 5.76. The summed E-state index contributed by atoms with van der Waals surface area (Å²) in [6, 6.07) is 8.79. The number of likely N-dealkylation sites (N-methyl/N-ethyl adjacent to an activating group) is 1. The van der Waals surface area contributed by atoms with E-state index in [1.807, 2.05) is 6.07 Å². The molecule has 0 radical (unpaired) electrons. The van der Waals surface area contributed by atoms with Gasteiger partial charge >= 0.3 is 0 Å². The summed E-state index contributed by atoms with van der Waals surface area (Å²) >= 11 is 0. The van der Waals surface area contributed by atoms with E-state index in [4.69, 9.17) is 4.74 Å². The van der Waals surface area contributed by atoms with Crippen molar-refractivity contribution >= 4 is 5.57 Å². The molecule has 15 heavy (non-hydrogen) atoms. The van der Waals surface area contributed by atoms with Crippen LogP contribution in [0.15, 0.2) is 30.3 Å². The van der Waals surface area contributed by atoms with Gasteiger partial charge in [0.2, 0.25) is 0 Å². The molecule has 1 unspecified atom stereocenters. The molecule has 1 atom stereocenters. The Kier molecular flexibility index (Phi) is 2.03. The van der Waals surface area contributed by atoms with E-state index in [-0.39, 0.29) is 0 Å². The number of benzene rings is 1. The lowest BCUT2D eigenvalue weighted by Crippen LogP contribution is -2.42. The molecule has 0 N–H and O–H groups in total. The van der Waals surface area contributed by atoms with Crippen LogP contribution in [0.3, 0.4) is 0 Å². The maximum Gasteiger partial charge on any atom is 0.126 e. The monoisotopic (exact) mass is 201 g/mol. The fraction of sp³-hybridized carbons (Fsp3) is 0.385. The Bertz CT molecular complexity index is 411. The second-order valence-corrected chi connectivity index (χ2v) is 4.25. The van der Waals surface area contributed by atoms with E-state index in [1.165, 1.54) is 11.1 Å². The van der Waals surface area contributed by atoms with Crippen LogP contribution in [0, 0.1) is 0 Å². The van der Waals surface area contributed by atoms with Crippen molar-refractivity contribution in [2.75, 3.05) is 20.2 Å². The molecule has 0 spiro atoms. The molecule has 78 valence electrons. The van der Waals surface area contributed by atoms with Crippen molar-refractivity contribution in [3.8, 4) is 5.75 Å². The molecule has 2 aliphatic heterocycles. The molecule has 2 nitrogen and oxygen atoms in total. The second-order valence-electron chi connectivity index (χ2n) is 4.25. The van der Waals surface area contributed by atoms with Gasteiger partial charge in [0.15, 0.2) is 0 Å². The molecule has 2 heterocycles. The van der Waals surface area contributed by atoms with E-state index in [1.54, 1.807) is 0 Å². The molecule has 0 saturated carbocycles. The first-order valence-electron chi connectivity index (χ1n) is 5.49. The zero-order valence-electron chi connectivity index (χ0n) is 8.94. The van der Waals surface area contributed by atoms with Gasteiger partial charge in [-0.2, -0.15) is 0 Å². The largest absolute Gasteiger partial charge is 0.491 e. The number of fused-ring (bicyclic) bond motifs is 3. The van der Waals surface area contributed by atoms with Gasteiger partial charge in [-0.05, 0) is 25.1 Å². The van der Waals surface area contributed by atoms with Crippen molar-refractivity contribution in [2.45, 2.75) is 12.5 Å². The van der Waals surface area contributed by atoms with Crippen LogP contribution in [0.25, 0.3) is 5.57 Å². The van der Waals surface area contributed by atoms with Crippen molar-refractivity contribution in [3.63, 3.8) is 0 Å². The Labute approximate surface area is 90.2 Å². The zero-order chi connectivity index (χ0) is 10.3. The van der Waals surface area contributed by atoms with Crippen molar-refractivity contribution in [3.05, 3.63) is 35.9 Å². The van der Waals surface area contributed by atoms with E-state index in [2.05, 4.69) is 36.2 Å². The van der Waals surface area contributed by atoms with Crippen LogP contribution in [0.1, 0.15) is 12.0 Å². The predicted molar refractivity (Wildman–Crippen MR) is 60.9 cm³/mol. The molecule has 0 fully saturated rings. The van der Waals surface area contributed by atoms with Crippen LogP contribution in [-0.4, -0.2) is 31.1 Å². The van der Waals surface area contributed by atoms with Gasteiger partial charge in [-0.15, -0.1) is 0 Å². The minimum atomic E-state index is 0.452. The quantitative estimate of drug-likeness (QED) is 0.638. The minimum absolute atomic E-state index is 0.452. The molecule has 0 aliphatic carbocycles. The van der Waals surface area contributed by atoms with E-state index in [0.717, 1.165) is 25.3 Å². The van der Waals surface area contributed by atoms with Crippen molar-refractivity contribution < 1.29 is 4.74 Å². The molecule has 1 aromatic rings. The van der Waals surface area contributed by atoms with Crippen LogP contribution >= 0.6 is 0 Å². The first-order valence-corrected chi connectivity index (χ1v) is 5.49. The van der Waals surface area contributed by atoms with Crippen LogP contribution in [0.2, 0.25) is 0 Å². The minimum Gasteiger partial charge on any atom is -0.491 e.